The molecule has 0 bridgehead atoms. The smallest absolute Gasteiger partial charge is 0.238 e. The van der Waals surface area contributed by atoms with Crippen molar-refractivity contribution in [2.75, 3.05) is 20.1 Å². The van der Waals surface area contributed by atoms with Gasteiger partial charge in [-0.25, -0.2) is 0 Å². The van der Waals surface area contributed by atoms with Gasteiger partial charge in [0.05, 0.1) is 0 Å². The van der Waals surface area contributed by atoms with Crippen LogP contribution in [0.3, 0.4) is 0 Å². The molecule has 1 rings (SSSR count). The standard InChI is InChI=1S/C13H27N3O/c1-4-5-6-9-16(3)10-13(2,12(14)17)15-11-7-8-11/h11,15H,4-10H2,1-3H3,(H2,14,17). The fourth-order valence-corrected chi connectivity index (χ4v) is 2.12. The van der Waals surface area contributed by atoms with E-state index in [1.54, 1.807) is 0 Å². The van der Waals surface area contributed by atoms with Crippen molar-refractivity contribution in [3.05, 3.63) is 0 Å². The highest BCUT2D eigenvalue weighted by Crippen LogP contribution is 2.22. The Labute approximate surface area is 105 Å². The molecule has 1 unspecified atom stereocenters. The first-order valence-electron chi connectivity index (χ1n) is 6.74. The van der Waals surface area contributed by atoms with Crippen LogP contribution in [0.5, 0.6) is 0 Å². The minimum Gasteiger partial charge on any atom is -0.368 e. The second-order valence-electron chi connectivity index (χ2n) is 5.56. The number of nitrogens with one attached hydrogen (secondary N) is 1. The summed E-state index contributed by atoms with van der Waals surface area (Å²) in [7, 11) is 2.06. The summed E-state index contributed by atoms with van der Waals surface area (Å²) in [5, 5.41) is 3.37. The number of nitrogens with two attached hydrogens (primary N) is 1. The molecule has 0 aliphatic heterocycles. The van der Waals surface area contributed by atoms with Crippen LogP contribution >= 0.6 is 0 Å². The average molecular weight is 241 g/mol. The normalized spacial score (nSPS) is 19.3. The van der Waals surface area contributed by atoms with Crippen LogP contribution in [0.15, 0.2) is 0 Å². The third kappa shape index (κ3) is 5.04. The van der Waals surface area contributed by atoms with Gasteiger partial charge in [-0.3, -0.25) is 10.1 Å². The molecule has 0 aromatic carbocycles. The Morgan fingerprint density at radius 1 is 1.47 bits per heavy atom. The largest absolute Gasteiger partial charge is 0.368 e. The van der Waals surface area contributed by atoms with Gasteiger partial charge in [0, 0.05) is 12.6 Å². The molecule has 0 saturated heterocycles. The van der Waals surface area contributed by atoms with Crippen LogP contribution in [0.1, 0.15) is 46.0 Å². The molecule has 4 heteroatoms. The van der Waals surface area contributed by atoms with Crippen LogP contribution in [-0.2, 0) is 4.79 Å². The van der Waals surface area contributed by atoms with Crippen LogP contribution in [0.2, 0.25) is 0 Å². The summed E-state index contributed by atoms with van der Waals surface area (Å²) in [4.78, 5) is 13.8. The average Bonchev–Trinajstić information content (AvgIpc) is 3.01. The minimum atomic E-state index is -0.581. The highest BCUT2D eigenvalue weighted by molar-refractivity contribution is 5.84. The molecule has 4 nitrogen and oxygen atoms in total. The topological polar surface area (TPSA) is 58.4 Å². The molecule has 1 fully saturated rings. The highest BCUT2D eigenvalue weighted by Gasteiger charge is 2.37. The van der Waals surface area contributed by atoms with Gasteiger partial charge in [-0.2, -0.15) is 0 Å². The number of hydrogen-bond acceptors (Lipinski definition) is 3. The summed E-state index contributed by atoms with van der Waals surface area (Å²) in [6, 6.07) is 0.497. The van der Waals surface area contributed by atoms with Gasteiger partial charge in [0.1, 0.15) is 5.54 Å². The van der Waals surface area contributed by atoms with Crippen molar-refractivity contribution in [2.24, 2.45) is 5.73 Å². The molecule has 1 aliphatic carbocycles. The zero-order chi connectivity index (χ0) is 12.9. The number of carbonyl (C=O) groups excluding carboxylic acids is 1. The van der Waals surface area contributed by atoms with E-state index in [1.165, 1.54) is 32.1 Å². The quantitative estimate of drug-likeness (QED) is 0.594. The maximum atomic E-state index is 11.6. The van der Waals surface area contributed by atoms with E-state index in [1.807, 2.05) is 6.92 Å². The van der Waals surface area contributed by atoms with Crippen LogP contribution in [-0.4, -0.2) is 42.5 Å². The Hall–Kier alpha value is -0.610. The van der Waals surface area contributed by atoms with E-state index in [4.69, 9.17) is 5.73 Å². The molecule has 0 aromatic heterocycles. The van der Waals surface area contributed by atoms with Gasteiger partial charge in [0.25, 0.3) is 0 Å². The van der Waals surface area contributed by atoms with Crippen molar-refractivity contribution < 1.29 is 4.79 Å². The Kier molecular flexibility index (Phi) is 5.40. The molecule has 0 radical (unpaired) electrons. The van der Waals surface area contributed by atoms with Crippen molar-refractivity contribution in [1.29, 1.82) is 0 Å². The third-order valence-electron chi connectivity index (χ3n) is 3.37. The van der Waals surface area contributed by atoms with E-state index in [-0.39, 0.29) is 5.91 Å². The van der Waals surface area contributed by atoms with E-state index in [0.717, 1.165) is 6.54 Å². The van der Waals surface area contributed by atoms with Gasteiger partial charge in [-0.15, -0.1) is 0 Å². The van der Waals surface area contributed by atoms with Gasteiger partial charge in [0.15, 0.2) is 0 Å². The molecule has 1 atom stereocenters. The molecule has 0 heterocycles. The molecular weight excluding hydrogens is 214 g/mol. The van der Waals surface area contributed by atoms with Gasteiger partial charge in [0.2, 0.25) is 5.91 Å². The Bertz CT molecular complexity index is 253. The van der Waals surface area contributed by atoms with Crippen LogP contribution < -0.4 is 11.1 Å². The first-order valence-corrected chi connectivity index (χ1v) is 6.74. The number of carbonyl (C=O) groups is 1. The van der Waals surface area contributed by atoms with Crippen molar-refractivity contribution in [2.45, 2.75) is 57.5 Å². The van der Waals surface area contributed by atoms with E-state index >= 15 is 0 Å². The molecule has 100 valence electrons. The molecular formula is C13H27N3O. The number of likely N-dealkylation sites (N-methyl/N-ethyl adjacent to an activating group) is 1. The fraction of sp³-hybridized carbons (Fsp3) is 0.923. The lowest BCUT2D eigenvalue weighted by atomic mass is 10.0. The molecule has 1 saturated carbocycles. The predicted molar refractivity (Wildman–Crippen MR) is 70.8 cm³/mol. The minimum absolute atomic E-state index is 0.244. The van der Waals surface area contributed by atoms with Crippen LogP contribution in [0.4, 0.5) is 0 Å². The van der Waals surface area contributed by atoms with Crippen molar-refractivity contribution >= 4 is 5.91 Å². The summed E-state index contributed by atoms with van der Waals surface area (Å²) in [6.45, 7) is 5.84. The second-order valence-corrected chi connectivity index (χ2v) is 5.56. The van der Waals surface area contributed by atoms with Crippen LogP contribution in [0.25, 0.3) is 0 Å². The monoisotopic (exact) mass is 241 g/mol. The van der Waals surface area contributed by atoms with E-state index in [9.17, 15) is 4.79 Å². The Morgan fingerprint density at radius 3 is 2.59 bits per heavy atom. The SMILES string of the molecule is CCCCCN(C)CC(C)(NC1CC1)C(N)=O. The fourth-order valence-electron chi connectivity index (χ4n) is 2.12. The lowest BCUT2D eigenvalue weighted by Crippen LogP contribution is -2.59. The zero-order valence-corrected chi connectivity index (χ0v) is 11.5. The number of rotatable bonds is 9. The molecule has 1 amide bonds. The number of primary amides is 1. The number of amides is 1. The summed E-state index contributed by atoms with van der Waals surface area (Å²) < 4.78 is 0. The maximum Gasteiger partial charge on any atom is 0.238 e. The van der Waals surface area contributed by atoms with Gasteiger partial charge in [-0.05, 0) is 39.8 Å². The first-order chi connectivity index (χ1) is 7.98. The summed E-state index contributed by atoms with van der Waals surface area (Å²) in [5.41, 5.74) is 4.94. The molecule has 0 spiro atoms. The van der Waals surface area contributed by atoms with Crippen molar-refractivity contribution in [3.63, 3.8) is 0 Å². The summed E-state index contributed by atoms with van der Waals surface area (Å²) >= 11 is 0. The zero-order valence-electron chi connectivity index (χ0n) is 11.5. The predicted octanol–water partition coefficient (Wildman–Crippen LogP) is 1.10. The van der Waals surface area contributed by atoms with E-state index in [0.29, 0.717) is 12.6 Å². The van der Waals surface area contributed by atoms with Gasteiger partial charge < -0.3 is 10.6 Å². The maximum absolute atomic E-state index is 11.6. The Balaban J connectivity index is 2.38. The first kappa shape index (κ1) is 14.5. The molecule has 17 heavy (non-hydrogen) atoms. The van der Waals surface area contributed by atoms with E-state index in [2.05, 4.69) is 24.2 Å². The summed E-state index contributed by atoms with van der Waals surface area (Å²) in [5.74, 6) is -0.244. The third-order valence-corrected chi connectivity index (χ3v) is 3.37. The van der Waals surface area contributed by atoms with E-state index < -0.39 is 5.54 Å². The van der Waals surface area contributed by atoms with Gasteiger partial charge >= 0.3 is 0 Å². The second kappa shape index (κ2) is 6.36. The Morgan fingerprint density at radius 2 is 2.12 bits per heavy atom. The highest BCUT2D eigenvalue weighted by atomic mass is 16.1. The molecule has 1 aliphatic rings. The lowest BCUT2D eigenvalue weighted by molar-refractivity contribution is -0.124. The number of nitrogens with zero attached hydrogens (tertiary/aromatic N) is 1. The van der Waals surface area contributed by atoms with Crippen molar-refractivity contribution in [3.8, 4) is 0 Å². The van der Waals surface area contributed by atoms with Gasteiger partial charge in [-0.1, -0.05) is 19.8 Å². The summed E-state index contributed by atoms with van der Waals surface area (Å²) in [6.07, 6.45) is 5.99. The lowest BCUT2D eigenvalue weighted by Gasteiger charge is -2.32. The molecule has 0 aromatic rings. The van der Waals surface area contributed by atoms with Crippen molar-refractivity contribution in [1.82, 2.24) is 10.2 Å². The molecule has 3 N–H and O–H groups in total. The number of hydrogen-bond donors (Lipinski definition) is 2. The number of unbranched alkanes of at least 4 members (excludes halogenated alkanes) is 2. The van der Waals surface area contributed by atoms with Crippen LogP contribution in [0, 0.1) is 0 Å².